The van der Waals surface area contributed by atoms with Gasteiger partial charge in [-0.2, -0.15) is 0 Å². The third-order valence-corrected chi connectivity index (χ3v) is 4.04. The van der Waals surface area contributed by atoms with Crippen molar-refractivity contribution in [3.63, 3.8) is 0 Å². The molecule has 4 aliphatic heterocycles. The van der Waals surface area contributed by atoms with Gasteiger partial charge in [-0.05, 0) is 6.42 Å². The Balaban J connectivity index is 0.000000120. The van der Waals surface area contributed by atoms with E-state index in [-0.39, 0.29) is 47.7 Å². The van der Waals surface area contributed by atoms with Crippen molar-refractivity contribution < 1.29 is 23.9 Å². The minimum atomic E-state index is -0.329. The van der Waals surface area contributed by atoms with Crippen LogP contribution in [0.25, 0.3) is 0 Å². The van der Waals surface area contributed by atoms with Crippen molar-refractivity contribution in [3.05, 3.63) is 48.6 Å². The normalized spacial score (nSPS) is 33.0. The molecule has 7 heteroatoms. The van der Waals surface area contributed by atoms with Crippen molar-refractivity contribution in [3.8, 4) is 0 Å². The Morgan fingerprint density at radius 3 is 1.62 bits per heavy atom. The lowest BCUT2D eigenvalue weighted by Gasteiger charge is -2.10. The summed E-state index contributed by atoms with van der Waals surface area (Å²) in [6.45, 7) is 0. The van der Waals surface area contributed by atoms with Gasteiger partial charge in [0.1, 0.15) is 0 Å². The van der Waals surface area contributed by atoms with Gasteiger partial charge in [-0.1, -0.05) is 36.5 Å². The molecule has 0 aromatic rings. The second kappa shape index (κ2) is 6.76. The molecule has 0 spiro atoms. The highest BCUT2D eigenvalue weighted by molar-refractivity contribution is 6.12. The molecule has 1 aliphatic carbocycles. The fourth-order valence-corrected chi connectivity index (χ4v) is 2.97. The SMILES string of the molecule is C1=CCC=C1.O=C1C=CC(=O)N1.O=C1NC(=O)C2C3C=CC(O3)C12. The number of nitrogens with one attached hydrogen (secondary N) is 2. The molecule has 7 nitrogen and oxygen atoms in total. The van der Waals surface area contributed by atoms with E-state index in [0.717, 1.165) is 6.42 Å². The predicted octanol–water partition coefficient (Wildman–Crippen LogP) is -0.0861. The molecule has 0 radical (unpaired) electrons. The van der Waals surface area contributed by atoms with Gasteiger partial charge in [0.05, 0.1) is 24.0 Å². The van der Waals surface area contributed by atoms with E-state index in [0.29, 0.717) is 0 Å². The molecule has 24 heavy (non-hydrogen) atoms. The number of hydrogen-bond acceptors (Lipinski definition) is 5. The maximum absolute atomic E-state index is 11.2. The summed E-state index contributed by atoms with van der Waals surface area (Å²) in [5.74, 6) is -1.53. The number of carbonyl (C=O) groups excluding carboxylic acids is 4. The number of fused-ring (bicyclic) bond motifs is 5. The molecule has 4 atom stereocenters. The monoisotopic (exact) mass is 328 g/mol. The number of carbonyl (C=O) groups is 4. The first kappa shape index (κ1) is 16.1. The summed E-state index contributed by atoms with van der Waals surface area (Å²) in [6.07, 6.45) is 15.3. The van der Waals surface area contributed by atoms with Crippen LogP contribution >= 0.6 is 0 Å². The molecule has 0 aromatic carbocycles. The Kier molecular flexibility index (Phi) is 4.52. The highest BCUT2D eigenvalue weighted by atomic mass is 16.5. The van der Waals surface area contributed by atoms with Crippen LogP contribution in [-0.4, -0.2) is 35.8 Å². The average Bonchev–Trinajstić information content (AvgIpc) is 3.33. The summed E-state index contributed by atoms with van der Waals surface area (Å²) in [5, 5.41) is 4.35. The minimum Gasteiger partial charge on any atom is -0.365 e. The number of imide groups is 2. The van der Waals surface area contributed by atoms with E-state index in [9.17, 15) is 19.2 Å². The van der Waals surface area contributed by atoms with Crippen LogP contribution in [0.5, 0.6) is 0 Å². The summed E-state index contributed by atoms with van der Waals surface area (Å²) in [6, 6.07) is 0. The van der Waals surface area contributed by atoms with Gasteiger partial charge in [0.15, 0.2) is 0 Å². The van der Waals surface area contributed by atoms with Crippen LogP contribution in [0, 0.1) is 11.8 Å². The van der Waals surface area contributed by atoms with Crippen molar-refractivity contribution in [2.45, 2.75) is 18.6 Å². The Morgan fingerprint density at radius 1 is 0.792 bits per heavy atom. The molecule has 2 saturated heterocycles. The largest absolute Gasteiger partial charge is 0.365 e. The number of hydrogen-bond donors (Lipinski definition) is 2. The van der Waals surface area contributed by atoms with Crippen molar-refractivity contribution in [2.24, 2.45) is 11.8 Å². The van der Waals surface area contributed by atoms with Gasteiger partial charge in [0, 0.05) is 12.2 Å². The Morgan fingerprint density at radius 2 is 1.29 bits per heavy atom. The molecule has 5 rings (SSSR count). The molecular formula is C17H16N2O5. The van der Waals surface area contributed by atoms with Crippen LogP contribution in [-0.2, 0) is 23.9 Å². The molecule has 2 N–H and O–H groups in total. The zero-order valence-electron chi connectivity index (χ0n) is 12.7. The van der Waals surface area contributed by atoms with E-state index in [4.69, 9.17) is 4.74 Å². The second-order valence-corrected chi connectivity index (χ2v) is 5.63. The van der Waals surface area contributed by atoms with Crippen molar-refractivity contribution in [1.82, 2.24) is 10.6 Å². The Labute approximate surface area is 138 Å². The summed E-state index contributed by atoms with van der Waals surface area (Å²) in [7, 11) is 0. The van der Waals surface area contributed by atoms with Gasteiger partial charge in [-0.25, -0.2) is 0 Å². The lowest BCUT2D eigenvalue weighted by molar-refractivity contribution is -0.128. The van der Waals surface area contributed by atoms with Crippen molar-refractivity contribution >= 4 is 23.6 Å². The van der Waals surface area contributed by atoms with E-state index in [1.54, 1.807) is 0 Å². The molecule has 2 fully saturated rings. The standard InChI is InChI=1S/C8H7NO3.C5H6.C4H3NO2/c10-7-5-3-1-2-4(12-3)6(5)8(11)9-7;1-2-4-5-3-1;6-3-1-2-4(7)5-3/h1-6H,(H,9,10,11);1-4H,5H2;1-2H,(H,5,6,7). The maximum atomic E-state index is 11.2. The number of amides is 4. The predicted molar refractivity (Wildman–Crippen MR) is 83.1 cm³/mol. The first-order valence-corrected chi connectivity index (χ1v) is 7.59. The van der Waals surface area contributed by atoms with E-state index >= 15 is 0 Å². The highest BCUT2D eigenvalue weighted by Crippen LogP contribution is 2.41. The van der Waals surface area contributed by atoms with Gasteiger partial charge >= 0.3 is 0 Å². The first-order chi connectivity index (χ1) is 11.6. The summed E-state index contributed by atoms with van der Waals surface area (Å²) in [4.78, 5) is 42.5. The van der Waals surface area contributed by atoms with Gasteiger partial charge in [-0.15, -0.1) is 0 Å². The van der Waals surface area contributed by atoms with Crippen molar-refractivity contribution in [2.75, 3.05) is 0 Å². The van der Waals surface area contributed by atoms with E-state index < -0.39 is 0 Å². The van der Waals surface area contributed by atoms with Gasteiger partial charge < -0.3 is 4.74 Å². The molecule has 5 aliphatic rings. The third kappa shape index (κ3) is 3.26. The molecule has 2 bridgehead atoms. The van der Waals surface area contributed by atoms with Gasteiger partial charge in [0.25, 0.3) is 11.8 Å². The first-order valence-electron chi connectivity index (χ1n) is 7.59. The zero-order valence-corrected chi connectivity index (χ0v) is 12.7. The van der Waals surface area contributed by atoms with Crippen molar-refractivity contribution in [1.29, 1.82) is 0 Å². The van der Waals surface area contributed by atoms with Crippen LogP contribution in [0.2, 0.25) is 0 Å². The minimum absolute atomic E-state index is 0.161. The van der Waals surface area contributed by atoms with E-state index in [1.807, 2.05) is 17.5 Å². The number of rotatable bonds is 0. The topological polar surface area (TPSA) is 102 Å². The molecule has 4 unspecified atom stereocenters. The smallest absolute Gasteiger partial charge is 0.250 e. The van der Waals surface area contributed by atoms with Crippen LogP contribution in [0.1, 0.15) is 6.42 Å². The fourth-order valence-electron chi connectivity index (χ4n) is 2.97. The molecule has 4 heterocycles. The van der Waals surface area contributed by atoms with Gasteiger partial charge in [-0.3, -0.25) is 29.8 Å². The molecule has 124 valence electrons. The number of allylic oxidation sites excluding steroid dienone is 4. The molecule has 0 saturated carbocycles. The maximum Gasteiger partial charge on any atom is 0.250 e. The molecular weight excluding hydrogens is 312 g/mol. The van der Waals surface area contributed by atoms with Crippen LogP contribution in [0.4, 0.5) is 0 Å². The quantitative estimate of drug-likeness (QED) is 0.478. The van der Waals surface area contributed by atoms with E-state index in [1.165, 1.54) is 12.2 Å². The fraction of sp³-hybridized carbons (Fsp3) is 0.294. The Hall–Kier alpha value is -2.80. The van der Waals surface area contributed by atoms with E-state index in [2.05, 4.69) is 29.6 Å². The number of ether oxygens (including phenoxy) is 1. The van der Waals surface area contributed by atoms with Crippen LogP contribution in [0.15, 0.2) is 48.6 Å². The average molecular weight is 328 g/mol. The second-order valence-electron chi connectivity index (χ2n) is 5.63. The highest BCUT2D eigenvalue weighted by Gasteiger charge is 2.57. The molecule has 4 amide bonds. The molecule has 0 aromatic heterocycles. The Bertz CT molecular complexity index is 650. The summed E-state index contributed by atoms with van der Waals surface area (Å²) < 4.78 is 5.39. The third-order valence-electron chi connectivity index (χ3n) is 4.04. The summed E-state index contributed by atoms with van der Waals surface area (Å²) >= 11 is 0. The van der Waals surface area contributed by atoms with Crippen LogP contribution < -0.4 is 10.6 Å². The lowest BCUT2D eigenvalue weighted by atomic mass is 9.85. The zero-order chi connectivity index (χ0) is 17.1. The summed E-state index contributed by atoms with van der Waals surface area (Å²) in [5.41, 5.74) is 0. The lowest BCUT2D eigenvalue weighted by Crippen LogP contribution is -2.27. The van der Waals surface area contributed by atoms with Crippen LogP contribution in [0.3, 0.4) is 0 Å². The van der Waals surface area contributed by atoms with Gasteiger partial charge in [0.2, 0.25) is 11.8 Å².